The van der Waals surface area contributed by atoms with Gasteiger partial charge in [-0.25, -0.2) is 0 Å². The topological polar surface area (TPSA) is 50.3 Å². The predicted molar refractivity (Wildman–Crippen MR) is 127 cm³/mol. The quantitative estimate of drug-likeness (QED) is 0.546. The molecule has 1 spiro atoms. The second-order valence-corrected chi connectivity index (χ2v) is 12.6. The smallest absolute Gasteiger partial charge is 0.0978 e. The number of aromatic amines is 1. The lowest BCUT2D eigenvalue weighted by molar-refractivity contribution is -0.0515. The molecule has 3 heterocycles. The number of rotatable bonds is 0. The molecule has 0 unspecified atom stereocenters. The fraction of sp³-hybridized carbons (Fsp3) is 0.786. The van der Waals surface area contributed by atoms with Gasteiger partial charge in [0.25, 0.3) is 0 Å². The van der Waals surface area contributed by atoms with E-state index < -0.39 is 0 Å². The Morgan fingerprint density at radius 3 is 2.91 bits per heavy atom. The van der Waals surface area contributed by atoms with Gasteiger partial charge in [0.2, 0.25) is 0 Å². The minimum atomic E-state index is -0.0719. The molecule has 2 saturated carbocycles. The molecule has 4 aliphatic carbocycles. The normalized spacial score (nSPS) is 49.2. The lowest BCUT2D eigenvalue weighted by atomic mass is 9.52. The highest BCUT2D eigenvalue weighted by molar-refractivity contribution is 5.94. The summed E-state index contributed by atoms with van der Waals surface area (Å²) in [5.74, 6) is 4.41. The number of hydrogen-bond acceptors (Lipinski definition) is 3. The highest BCUT2D eigenvalue weighted by atomic mass is 16.5. The molecule has 32 heavy (non-hydrogen) atoms. The first-order valence-electron chi connectivity index (χ1n) is 13.3. The number of aliphatic imine (C=N–C) groups is 1. The summed E-state index contributed by atoms with van der Waals surface area (Å²) in [6.07, 6.45) is 12.6. The molecule has 0 aromatic carbocycles. The molecule has 4 nitrogen and oxygen atoms in total. The Balaban J connectivity index is 1.25. The molecule has 4 heteroatoms. The lowest BCUT2D eigenvalue weighted by Gasteiger charge is -2.52. The maximum Gasteiger partial charge on any atom is 0.0978 e. The summed E-state index contributed by atoms with van der Waals surface area (Å²) in [7, 11) is 0. The van der Waals surface area contributed by atoms with Crippen molar-refractivity contribution in [3.05, 3.63) is 28.6 Å². The average molecular weight is 434 g/mol. The first-order chi connectivity index (χ1) is 15.4. The van der Waals surface area contributed by atoms with E-state index in [1.54, 1.807) is 11.1 Å². The Hall–Kier alpha value is -1.42. The van der Waals surface area contributed by atoms with Crippen molar-refractivity contribution in [2.45, 2.75) is 90.8 Å². The molecule has 1 aromatic heterocycles. The van der Waals surface area contributed by atoms with Crippen molar-refractivity contribution in [3.8, 4) is 0 Å². The van der Waals surface area contributed by atoms with E-state index in [1.807, 2.05) is 0 Å². The van der Waals surface area contributed by atoms with Gasteiger partial charge < -0.3 is 4.74 Å². The molecule has 7 rings (SSSR count). The zero-order valence-electron chi connectivity index (χ0n) is 20.3. The third kappa shape index (κ3) is 2.43. The van der Waals surface area contributed by atoms with Gasteiger partial charge in [-0.15, -0.1) is 0 Å². The van der Waals surface area contributed by atoms with E-state index >= 15 is 0 Å². The zero-order chi connectivity index (χ0) is 21.8. The van der Waals surface area contributed by atoms with E-state index in [0.29, 0.717) is 17.3 Å². The van der Waals surface area contributed by atoms with Crippen molar-refractivity contribution in [1.29, 1.82) is 0 Å². The number of hydrogen-bond donors (Lipinski definition) is 1. The molecule has 1 aromatic rings. The molecule has 1 N–H and O–H groups in total. The second-order valence-electron chi connectivity index (χ2n) is 12.6. The van der Waals surface area contributed by atoms with Crippen molar-refractivity contribution in [2.75, 3.05) is 6.54 Å². The first kappa shape index (κ1) is 20.0. The number of nitrogens with one attached hydrogen (secondary N) is 1. The van der Waals surface area contributed by atoms with Crippen molar-refractivity contribution in [1.82, 2.24) is 10.2 Å². The van der Waals surface area contributed by atoms with Gasteiger partial charge in [0.05, 0.1) is 17.9 Å². The third-order valence-corrected chi connectivity index (χ3v) is 11.3. The van der Waals surface area contributed by atoms with Crippen LogP contribution in [0.15, 0.2) is 22.3 Å². The van der Waals surface area contributed by atoms with Gasteiger partial charge in [-0.2, -0.15) is 5.10 Å². The molecule has 6 aliphatic rings. The Kier molecular flexibility index (Phi) is 4.11. The Labute approximate surface area is 192 Å². The summed E-state index contributed by atoms with van der Waals surface area (Å²) in [5, 5.41) is 7.70. The van der Waals surface area contributed by atoms with Gasteiger partial charge in [0.15, 0.2) is 0 Å². The molecule has 172 valence electrons. The highest BCUT2D eigenvalue weighted by Crippen LogP contribution is 2.65. The molecule has 0 amide bonds. The van der Waals surface area contributed by atoms with Crippen LogP contribution >= 0.6 is 0 Å². The molecular weight excluding hydrogens is 394 g/mol. The van der Waals surface area contributed by atoms with Crippen molar-refractivity contribution in [2.24, 2.45) is 45.9 Å². The zero-order valence-corrected chi connectivity index (χ0v) is 20.3. The molecule has 2 aliphatic heterocycles. The van der Waals surface area contributed by atoms with Crippen LogP contribution in [0.5, 0.6) is 0 Å². The summed E-state index contributed by atoms with van der Waals surface area (Å²) in [6, 6.07) is 0. The number of aromatic nitrogens is 2. The van der Waals surface area contributed by atoms with E-state index in [0.717, 1.165) is 36.6 Å². The molecule has 9 atom stereocenters. The maximum atomic E-state index is 7.02. The number of H-pyrrole nitrogens is 1. The second kappa shape index (κ2) is 6.58. The molecule has 0 bridgehead atoms. The van der Waals surface area contributed by atoms with Crippen LogP contribution < -0.4 is 0 Å². The van der Waals surface area contributed by atoms with Crippen molar-refractivity contribution < 1.29 is 4.74 Å². The third-order valence-electron chi connectivity index (χ3n) is 11.3. The summed E-state index contributed by atoms with van der Waals surface area (Å²) >= 11 is 0. The van der Waals surface area contributed by atoms with Crippen LogP contribution in [0, 0.1) is 40.9 Å². The van der Waals surface area contributed by atoms with E-state index in [9.17, 15) is 0 Å². The van der Waals surface area contributed by atoms with Crippen LogP contribution in [-0.4, -0.2) is 34.2 Å². The van der Waals surface area contributed by atoms with Gasteiger partial charge in [-0.3, -0.25) is 10.1 Å². The SMILES string of the molecule is CC1=C2C[C@H]3[C@@H](CC[C@@H]4Cc5[nH]ncc5C[C@@]43C)[C@@H]2CC[C@]12O[C@@H]1C[C@H](C)CN=C1[C@H]2C. The van der Waals surface area contributed by atoms with E-state index in [2.05, 4.69) is 44.1 Å². The predicted octanol–water partition coefficient (Wildman–Crippen LogP) is 5.54. The van der Waals surface area contributed by atoms with Crippen LogP contribution in [0.2, 0.25) is 0 Å². The van der Waals surface area contributed by atoms with Crippen molar-refractivity contribution in [3.63, 3.8) is 0 Å². The fourth-order valence-corrected chi connectivity index (χ4v) is 9.54. The van der Waals surface area contributed by atoms with E-state index in [1.165, 1.54) is 61.9 Å². The molecule has 0 radical (unpaired) electrons. The average Bonchev–Trinajstić information content (AvgIpc) is 3.44. The number of nitrogens with zero attached hydrogens (tertiary/aromatic N) is 2. The van der Waals surface area contributed by atoms with Gasteiger partial charge >= 0.3 is 0 Å². The maximum absolute atomic E-state index is 7.02. The van der Waals surface area contributed by atoms with E-state index in [4.69, 9.17) is 9.73 Å². The van der Waals surface area contributed by atoms with Gasteiger partial charge in [0, 0.05) is 23.9 Å². The number of fused-ring (bicyclic) bond motifs is 7. The monoisotopic (exact) mass is 433 g/mol. The summed E-state index contributed by atoms with van der Waals surface area (Å²) < 4.78 is 7.02. The molecule has 1 saturated heterocycles. The summed E-state index contributed by atoms with van der Waals surface area (Å²) in [5.41, 5.74) is 8.05. The number of ether oxygens (including phenoxy) is 1. The Bertz CT molecular complexity index is 1020. The minimum absolute atomic E-state index is 0.0719. The first-order valence-corrected chi connectivity index (χ1v) is 13.3. The van der Waals surface area contributed by atoms with Crippen LogP contribution in [0.3, 0.4) is 0 Å². The number of allylic oxidation sites excluding steroid dienone is 1. The minimum Gasteiger partial charge on any atom is -0.361 e. The van der Waals surface area contributed by atoms with Crippen LogP contribution in [0.25, 0.3) is 0 Å². The van der Waals surface area contributed by atoms with Gasteiger partial charge in [-0.1, -0.05) is 26.3 Å². The largest absolute Gasteiger partial charge is 0.361 e. The van der Waals surface area contributed by atoms with Crippen molar-refractivity contribution >= 4 is 5.71 Å². The molecular formula is C28H39N3O. The summed E-state index contributed by atoms with van der Waals surface area (Å²) in [4.78, 5) is 5.04. The molecule has 3 fully saturated rings. The lowest BCUT2D eigenvalue weighted by Crippen LogP contribution is -2.47. The van der Waals surface area contributed by atoms with Crippen LogP contribution in [-0.2, 0) is 17.6 Å². The standard InChI is InChI=1S/C28H39N3O/c1-15-9-25-26(29-13-15)17(3)28(32-25)8-7-20-21-6-5-19-10-24-18(14-30-31-24)12-27(19,4)23(21)11-22(20)16(28)2/h14-15,17,19-21,23,25H,5-13H2,1-4H3,(H,30,31)/t15-,17+,19+,20-,21-,23-,25+,27-,28-/m0/s1. The Morgan fingerprint density at radius 1 is 1.16 bits per heavy atom. The Morgan fingerprint density at radius 2 is 2.03 bits per heavy atom. The van der Waals surface area contributed by atoms with Gasteiger partial charge in [-0.05, 0) is 104 Å². The fourth-order valence-electron chi connectivity index (χ4n) is 9.54. The highest BCUT2D eigenvalue weighted by Gasteiger charge is 2.60. The van der Waals surface area contributed by atoms with E-state index in [-0.39, 0.29) is 11.7 Å². The van der Waals surface area contributed by atoms with Gasteiger partial charge in [0.1, 0.15) is 0 Å². The summed E-state index contributed by atoms with van der Waals surface area (Å²) in [6.45, 7) is 10.8. The van der Waals surface area contributed by atoms with Crippen LogP contribution in [0.4, 0.5) is 0 Å². The van der Waals surface area contributed by atoms with Crippen LogP contribution in [0.1, 0.15) is 77.5 Å².